The Kier molecular flexibility index (Phi) is 8.05. The number of Topliss-reactive ketones (excluding diaryl/α,β-unsaturated/α-hetero) is 1. The summed E-state index contributed by atoms with van der Waals surface area (Å²) in [6.07, 6.45) is 16.8. The minimum atomic E-state index is 0.112. The van der Waals surface area contributed by atoms with Crippen LogP contribution in [0.25, 0.3) is 0 Å². The van der Waals surface area contributed by atoms with Gasteiger partial charge in [0, 0.05) is 38.3 Å². The number of carbonyl (C=O) groups is 1. The van der Waals surface area contributed by atoms with Crippen LogP contribution in [0.15, 0.2) is 60.5 Å². The number of hydrogen-bond donors (Lipinski definition) is 1. The van der Waals surface area contributed by atoms with Gasteiger partial charge in [-0.2, -0.15) is 0 Å². The smallest absolute Gasteiger partial charge is 0.182 e. The second-order valence-electron chi connectivity index (χ2n) is 9.13. The molecule has 1 aromatic rings. The first kappa shape index (κ1) is 22.7. The van der Waals surface area contributed by atoms with Crippen LogP contribution < -0.4 is 15.0 Å². The van der Waals surface area contributed by atoms with Crippen molar-refractivity contribution in [3.63, 3.8) is 0 Å². The zero-order valence-electron chi connectivity index (χ0n) is 19.3. The average Bonchev–Trinajstić information content (AvgIpc) is 3.15. The van der Waals surface area contributed by atoms with Crippen LogP contribution in [0.1, 0.15) is 38.5 Å². The van der Waals surface area contributed by atoms with Crippen LogP contribution in [0.2, 0.25) is 0 Å². The zero-order valence-corrected chi connectivity index (χ0v) is 19.3. The highest BCUT2D eigenvalue weighted by atomic mass is 16.5. The quantitative estimate of drug-likeness (QED) is 0.650. The maximum atomic E-state index is 13.5. The minimum absolute atomic E-state index is 0.112. The summed E-state index contributed by atoms with van der Waals surface area (Å²) in [5, 5.41) is 3.21. The van der Waals surface area contributed by atoms with E-state index in [1.807, 2.05) is 42.6 Å². The lowest BCUT2D eigenvalue weighted by atomic mass is 9.76. The number of ether oxygens (including phenoxy) is 1. The lowest BCUT2D eigenvalue weighted by Gasteiger charge is -2.38. The Morgan fingerprint density at radius 3 is 2.62 bits per heavy atom. The highest BCUT2D eigenvalue weighted by Gasteiger charge is 2.32. The molecule has 1 atom stereocenters. The summed E-state index contributed by atoms with van der Waals surface area (Å²) < 4.78 is 5.55. The van der Waals surface area contributed by atoms with Crippen molar-refractivity contribution < 1.29 is 9.53 Å². The second kappa shape index (κ2) is 11.4. The molecule has 0 bridgehead atoms. The Bertz CT molecular complexity index is 846. The maximum absolute atomic E-state index is 13.5. The fourth-order valence-electron chi connectivity index (χ4n) is 5.35. The van der Waals surface area contributed by atoms with Crippen LogP contribution in [0.5, 0.6) is 5.75 Å². The number of piperazine rings is 1. The number of carbonyl (C=O) groups excluding carboxylic acids is 1. The first-order chi connectivity index (χ1) is 15.8. The lowest BCUT2D eigenvalue weighted by molar-refractivity contribution is -0.122. The molecule has 5 nitrogen and oxygen atoms in total. The van der Waals surface area contributed by atoms with Crippen molar-refractivity contribution in [1.29, 1.82) is 0 Å². The van der Waals surface area contributed by atoms with Gasteiger partial charge >= 0.3 is 0 Å². The number of benzene rings is 1. The largest absolute Gasteiger partial charge is 0.495 e. The van der Waals surface area contributed by atoms with Crippen LogP contribution in [-0.2, 0) is 4.79 Å². The van der Waals surface area contributed by atoms with Gasteiger partial charge in [0.25, 0.3) is 0 Å². The summed E-state index contributed by atoms with van der Waals surface area (Å²) >= 11 is 0. The summed E-state index contributed by atoms with van der Waals surface area (Å²) in [5.74, 6) is 1.86. The van der Waals surface area contributed by atoms with E-state index in [2.05, 4.69) is 27.2 Å². The van der Waals surface area contributed by atoms with Gasteiger partial charge in [-0.3, -0.25) is 9.69 Å². The first-order valence-electron chi connectivity index (χ1n) is 12.2. The van der Waals surface area contributed by atoms with E-state index in [-0.39, 0.29) is 5.92 Å². The summed E-state index contributed by atoms with van der Waals surface area (Å²) in [4.78, 5) is 18.4. The van der Waals surface area contributed by atoms with E-state index >= 15 is 0 Å². The summed E-state index contributed by atoms with van der Waals surface area (Å²) in [6.45, 7) is 5.02. The molecule has 0 aromatic heterocycles. The molecule has 172 valence electrons. The highest BCUT2D eigenvalue weighted by Crippen LogP contribution is 2.34. The number of rotatable bonds is 8. The van der Waals surface area contributed by atoms with Crippen molar-refractivity contribution in [2.45, 2.75) is 38.5 Å². The second-order valence-corrected chi connectivity index (χ2v) is 9.13. The highest BCUT2D eigenvalue weighted by molar-refractivity contribution is 5.97. The molecule has 2 heterocycles. The standard InChI is InChI=1S/C27H37N3O2/c1-32-26-14-8-7-13-25(26)30-20-18-29(19-21-30)17-15-23(22-10-4-2-5-11-22)27(31)24-12-6-3-9-16-28-24/h3,6-9,12-14,16,22-23,28H,2,4-5,10-11,15,17-21H2,1H3. The molecule has 1 unspecified atom stereocenters. The molecule has 1 aromatic carbocycles. The van der Waals surface area contributed by atoms with Crippen molar-refractivity contribution in [3.05, 3.63) is 60.5 Å². The van der Waals surface area contributed by atoms with Gasteiger partial charge in [-0.15, -0.1) is 0 Å². The van der Waals surface area contributed by atoms with Gasteiger partial charge in [-0.25, -0.2) is 0 Å². The Morgan fingerprint density at radius 2 is 1.84 bits per heavy atom. The fourth-order valence-corrected chi connectivity index (χ4v) is 5.35. The first-order valence-corrected chi connectivity index (χ1v) is 12.2. The van der Waals surface area contributed by atoms with Crippen molar-refractivity contribution in [3.8, 4) is 5.75 Å². The van der Waals surface area contributed by atoms with Crippen LogP contribution in [0, 0.1) is 11.8 Å². The Balaban J connectivity index is 1.36. The van der Waals surface area contributed by atoms with E-state index in [0.717, 1.165) is 50.6 Å². The van der Waals surface area contributed by atoms with Gasteiger partial charge in [0.05, 0.1) is 18.5 Å². The van der Waals surface area contributed by atoms with Gasteiger partial charge in [-0.1, -0.05) is 43.5 Å². The van der Waals surface area contributed by atoms with Crippen molar-refractivity contribution in [2.24, 2.45) is 11.8 Å². The summed E-state index contributed by atoms with van der Waals surface area (Å²) in [7, 11) is 1.74. The van der Waals surface area contributed by atoms with E-state index in [1.165, 1.54) is 37.8 Å². The average molecular weight is 436 g/mol. The molecule has 1 saturated heterocycles. The molecule has 2 fully saturated rings. The van der Waals surface area contributed by atoms with Crippen molar-refractivity contribution in [2.75, 3.05) is 44.7 Å². The maximum Gasteiger partial charge on any atom is 0.182 e. The molecule has 2 aliphatic heterocycles. The van der Waals surface area contributed by atoms with E-state index in [0.29, 0.717) is 11.7 Å². The third kappa shape index (κ3) is 5.63. The SMILES string of the molecule is COc1ccccc1N1CCN(CCC(C(=O)C2=CC=CC=CN2)C2CCCCC2)CC1. The summed E-state index contributed by atoms with van der Waals surface area (Å²) in [6, 6.07) is 8.27. The molecule has 0 amide bonds. The third-order valence-electron chi connectivity index (χ3n) is 7.20. The van der Waals surface area contributed by atoms with Crippen LogP contribution in [0.4, 0.5) is 5.69 Å². The van der Waals surface area contributed by atoms with Gasteiger partial charge in [0.2, 0.25) is 0 Å². The van der Waals surface area contributed by atoms with E-state index in [1.54, 1.807) is 7.11 Å². The molecule has 32 heavy (non-hydrogen) atoms. The molecule has 1 N–H and O–H groups in total. The number of anilines is 1. The normalized spacial score (nSPS) is 20.9. The number of ketones is 1. The van der Waals surface area contributed by atoms with Crippen molar-refractivity contribution >= 4 is 11.5 Å². The number of hydrogen-bond acceptors (Lipinski definition) is 5. The predicted molar refractivity (Wildman–Crippen MR) is 131 cm³/mol. The van der Waals surface area contributed by atoms with E-state index in [9.17, 15) is 4.79 Å². The Hall–Kier alpha value is -2.53. The fraction of sp³-hybridized carbons (Fsp3) is 0.519. The van der Waals surface area contributed by atoms with Crippen LogP contribution in [-0.4, -0.2) is 50.5 Å². The van der Waals surface area contributed by atoms with Crippen LogP contribution >= 0.6 is 0 Å². The van der Waals surface area contributed by atoms with Crippen LogP contribution in [0.3, 0.4) is 0 Å². The van der Waals surface area contributed by atoms with E-state index < -0.39 is 0 Å². The topological polar surface area (TPSA) is 44.8 Å². The predicted octanol–water partition coefficient (Wildman–Crippen LogP) is 4.53. The Morgan fingerprint density at radius 1 is 1.06 bits per heavy atom. The monoisotopic (exact) mass is 435 g/mol. The minimum Gasteiger partial charge on any atom is -0.495 e. The Labute approximate surface area is 192 Å². The number of allylic oxidation sites excluding steroid dienone is 5. The van der Waals surface area contributed by atoms with Crippen molar-refractivity contribution in [1.82, 2.24) is 10.2 Å². The molecular formula is C27H37N3O2. The van der Waals surface area contributed by atoms with E-state index in [4.69, 9.17) is 4.74 Å². The van der Waals surface area contributed by atoms with Gasteiger partial charge in [0.1, 0.15) is 5.75 Å². The molecule has 1 aliphatic carbocycles. The molecule has 3 aliphatic rings. The zero-order chi connectivity index (χ0) is 22.2. The van der Waals surface area contributed by atoms with Gasteiger partial charge < -0.3 is 15.0 Å². The number of methoxy groups -OCH3 is 1. The number of nitrogens with one attached hydrogen (secondary N) is 1. The molecular weight excluding hydrogens is 398 g/mol. The summed E-state index contributed by atoms with van der Waals surface area (Å²) in [5.41, 5.74) is 1.92. The molecule has 1 saturated carbocycles. The van der Waals surface area contributed by atoms with Gasteiger partial charge in [-0.05, 0) is 56.0 Å². The number of nitrogens with zero attached hydrogens (tertiary/aromatic N) is 2. The lowest BCUT2D eigenvalue weighted by Crippen LogP contribution is -2.47. The molecule has 4 rings (SSSR count). The molecule has 0 spiro atoms. The third-order valence-corrected chi connectivity index (χ3v) is 7.20. The number of para-hydroxylation sites is 2. The molecule has 0 radical (unpaired) electrons. The van der Waals surface area contributed by atoms with Gasteiger partial charge in [0.15, 0.2) is 5.78 Å². The molecule has 5 heteroatoms.